The number of sulfone groups is 1. The van der Waals surface area contributed by atoms with Crippen molar-refractivity contribution in [3.8, 4) is 0 Å². The zero-order chi connectivity index (χ0) is 18.4. The van der Waals surface area contributed by atoms with Gasteiger partial charge in [0, 0.05) is 33.1 Å². The van der Waals surface area contributed by atoms with Crippen molar-refractivity contribution in [2.45, 2.75) is 37.1 Å². The number of carbonyl (C=O) groups is 1. The van der Waals surface area contributed by atoms with Crippen molar-refractivity contribution in [2.75, 3.05) is 33.1 Å². The Bertz CT molecular complexity index is 667. The Labute approximate surface area is 150 Å². The number of nitrogens with one attached hydrogen (secondary N) is 1. The van der Waals surface area contributed by atoms with Crippen LogP contribution in [0.5, 0.6) is 0 Å². The zero-order valence-corrected chi connectivity index (χ0v) is 16.0. The fourth-order valence-corrected chi connectivity index (χ4v) is 3.66. The lowest BCUT2D eigenvalue weighted by molar-refractivity contribution is 0.0585. The minimum absolute atomic E-state index is 0.106. The number of benzene rings is 1. The monoisotopic (exact) mass is 368 g/mol. The van der Waals surface area contributed by atoms with Gasteiger partial charge in [0.2, 0.25) is 0 Å². The molecule has 1 unspecified atom stereocenters. The van der Waals surface area contributed by atoms with Gasteiger partial charge in [-0.05, 0) is 42.9 Å². The highest BCUT2D eigenvalue weighted by molar-refractivity contribution is 7.90. The molecule has 0 aliphatic carbocycles. The standard InChI is InChI=1S/C18H28N2O4S/c1-4-17(15-5-7-16(8-6-15)25(3,22)23)19-18(21)20(2)13-14-9-11-24-12-10-14/h5-8,14,17H,4,9-13H2,1-3H3,(H,19,21). The lowest BCUT2D eigenvalue weighted by Gasteiger charge is -2.28. The predicted molar refractivity (Wildman–Crippen MR) is 97.3 cm³/mol. The van der Waals surface area contributed by atoms with Crippen LogP contribution in [0.2, 0.25) is 0 Å². The van der Waals surface area contributed by atoms with E-state index >= 15 is 0 Å². The largest absolute Gasteiger partial charge is 0.381 e. The number of hydrogen-bond donors (Lipinski definition) is 1. The van der Waals surface area contributed by atoms with Gasteiger partial charge in [0.05, 0.1) is 10.9 Å². The third kappa shape index (κ3) is 5.71. The Hall–Kier alpha value is -1.60. The normalized spacial score (nSPS) is 17.1. The molecule has 7 heteroatoms. The smallest absolute Gasteiger partial charge is 0.317 e. The first-order chi connectivity index (χ1) is 11.8. The average molecular weight is 368 g/mol. The molecular formula is C18H28N2O4S. The molecule has 2 rings (SSSR count). The van der Waals surface area contributed by atoms with E-state index in [9.17, 15) is 13.2 Å². The van der Waals surface area contributed by atoms with E-state index in [1.165, 1.54) is 6.26 Å². The second kappa shape index (κ2) is 8.67. The number of urea groups is 1. The van der Waals surface area contributed by atoms with Crippen LogP contribution in [0.1, 0.15) is 37.8 Å². The molecule has 6 nitrogen and oxygen atoms in total. The van der Waals surface area contributed by atoms with Gasteiger partial charge in [-0.15, -0.1) is 0 Å². The van der Waals surface area contributed by atoms with Gasteiger partial charge in [0.1, 0.15) is 0 Å². The molecule has 1 aliphatic rings. The molecule has 1 atom stereocenters. The Morgan fingerprint density at radius 1 is 1.28 bits per heavy atom. The molecule has 1 N–H and O–H groups in total. The molecule has 1 aromatic carbocycles. The molecule has 0 aromatic heterocycles. The van der Waals surface area contributed by atoms with E-state index in [0.717, 1.165) is 44.6 Å². The van der Waals surface area contributed by atoms with Crippen LogP contribution < -0.4 is 5.32 Å². The van der Waals surface area contributed by atoms with E-state index < -0.39 is 9.84 Å². The zero-order valence-electron chi connectivity index (χ0n) is 15.2. The van der Waals surface area contributed by atoms with Gasteiger partial charge in [-0.2, -0.15) is 0 Å². The second-order valence-corrected chi connectivity index (χ2v) is 8.70. The summed E-state index contributed by atoms with van der Waals surface area (Å²) in [7, 11) is -1.40. The number of ether oxygens (including phenoxy) is 1. The lowest BCUT2D eigenvalue weighted by atomic mass is 10.00. The fourth-order valence-electron chi connectivity index (χ4n) is 3.03. The molecule has 0 bridgehead atoms. The maximum atomic E-state index is 12.5. The lowest BCUT2D eigenvalue weighted by Crippen LogP contribution is -2.42. The Morgan fingerprint density at radius 2 is 1.88 bits per heavy atom. The van der Waals surface area contributed by atoms with Gasteiger partial charge in [-0.1, -0.05) is 19.1 Å². The van der Waals surface area contributed by atoms with Crippen molar-refractivity contribution in [2.24, 2.45) is 5.92 Å². The Morgan fingerprint density at radius 3 is 2.40 bits per heavy atom. The summed E-state index contributed by atoms with van der Waals surface area (Å²) in [5, 5.41) is 3.04. The highest BCUT2D eigenvalue weighted by Gasteiger charge is 2.21. The fraction of sp³-hybridized carbons (Fsp3) is 0.611. The summed E-state index contributed by atoms with van der Waals surface area (Å²) < 4.78 is 28.5. The summed E-state index contributed by atoms with van der Waals surface area (Å²) in [6.07, 6.45) is 3.89. The third-order valence-corrected chi connectivity index (χ3v) is 5.76. The topological polar surface area (TPSA) is 75.7 Å². The van der Waals surface area contributed by atoms with Gasteiger partial charge in [0.25, 0.3) is 0 Å². The van der Waals surface area contributed by atoms with Gasteiger partial charge >= 0.3 is 6.03 Å². The first kappa shape index (κ1) is 19.7. The molecule has 1 aromatic rings. The van der Waals surface area contributed by atoms with E-state index in [-0.39, 0.29) is 17.0 Å². The summed E-state index contributed by atoms with van der Waals surface area (Å²) in [6.45, 7) is 4.25. The van der Waals surface area contributed by atoms with E-state index in [1.54, 1.807) is 29.2 Å². The van der Waals surface area contributed by atoms with Crippen LogP contribution in [0, 0.1) is 5.92 Å². The van der Waals surface area contributed by atoms with Crippen molar-refractivity contribution in [1.29, 1.82) is 0 Å². The molecular weight excluding hydrogens is 340 g/mol. The highest BCUT2D eigenvalue weighted by Crippen LogP contribution is 2.20. The summed E-state index contributed by atoms with van der Waals surface area (Å²) in [5.41, 5.74) is 0.905. The second-order valence-electron chi connectivity index (χ2n) is 6.69. The Kier molecular flexibility index (Phi) is 6.84. The predicted octanol–water partition coefficient (Wildman–Crippen LogP) is 2.61. The molecule has 25 heavy (non-hydrogen) atoms. The summed E-state index contributed by atoms with van der Waals surface area (Å²) >= 11 is 0. The summed E-state index contributed by atoms with van der Waals surface area (Å²) in [5.74, 6) is 0.485. The molecule has 1 fully saturated rings. The first-order valence-electron chi connectivity index (χ1n) is 8.70. The quantitative estimate of drug-likeness (QED) is 0.837. The van der Waals surface area contributed by atoms with Crippen LogP contribution in [-0.4, -0.2) is 52.4 Å². The number of hydrogen-bond acceptors (Lipinski definition) is 4. The molecule has 140 valence electrons. The van der Waals surface area contributed by atoms with Crippen LogP contribution in [0.25, 0.3) is 0 Å². The maximum Gasteiger partial charge on any atom is 0.317 e. The Balaban J connectivity index is 1.96. The van der Waals surface area contributed by atoms with E-state index in [4.69, 9.17) is 4.74 Å². The van der Waals surface area contributed by atoms with Gasteiger partial charge < -0.3 is 15.0 Å². The molecule has 1 heterocycles. The number of carbonyl (C=O) groups excluding carboxylic acids is 1. The van der Waals surface area contributed by atoms with E-state index in [1.807, 2.05) is 14.0 Å². The SMILES string of the molecule is CCC(NC(=O)N(C)CC1CCOCC1)c1ccc(S(C)(=O)=O)cc1. The van der Waals surface area contributed by atoms with Crippen LogP contribution in [0.4, 0.5) is 4.79 Å². The van der Waals surface area contributed by atoms with Gasteiger partial charge in [-0.3, -0.25) is 0 Å². The molecule has 0 radical (unpaired) electrons. The van der Waals surface area contributed by atoms with E-state index in [0.29, 0.717) is 5.92 Å². The summed E-state index contributed by atoms with van der Waals surface area (Å²) in [4.78, 5) is 14.5. The van der Waals surface area contributed by atoms with Crippen molar-refractivity contribution >= 4 is 15.9 Å². The van der Waals surface area contributed by atoms with E-state index in [2.05, 4.69) is 5.32 Å². The minimum atomic E-state index is -3.21. The van der Waals surface area contributed by atoms with Crippen LogP contribution in [-0.2, 0) is 14.6 Å². The molecule has 0 saturated carbocycles. The van der Waals surface area contributed by atoms with Crippen LogP contribution >= 0.6 is 0 Å². The molecule has 1 saturated heterocycles. The first-order valence-corrected chi connectivity index (χ1v) is 10.6. The van der Waals surface area contributed by atoms with Gasteiger partial charge in [0.15, 0.2) is 9.84 Å². The van der Waals surface area contributed by atoms with Crippen LogP contribution in [0.15, 0.2) is 29.2 Å². The van der Waals surface area contributed by atoms with Gasteiger partial charge in [-0.25, -0.2) is 13.2 Å². The van der Waals surface area contributed by atoms with Crippen molar-refractivity contribution in [1.82, 2.24) is 10.2 Å². The maximum absolute atomic E-state index is 12.5. The number of nitrogens with zero attached hydrogens (tertiary/aromatic N) is 1. The molecule has 0 spiro atoms. The molecule has 1 aliphatic heterocycles. The van der Waals surface area contributed by atoms with Crippen molar-refractivity contribution in [3.05, 3.63) is 29.8 Å². The highest BCUT2D eigenvalue weighted by atomic mass is 32.2. The number of rotatable bonds is 6. The van der Waals surface area contributed by atoms with Crippen molar-refractivity contribution < 1.29 is 17.9 Å². The average Bonchev–Trinajstić information content (AvgIpc) is 2.59. The minimum Gasteiger partial charge on any atom is -0.381 e. The number of amides is 2. The third-order valence-electron chi connectivity index (χ3n) is 4.64. The molecule has 2 amide bonds. The van der Waals surface area contributed by atoms with Crippen molar-refractivity contribution in [3.63, 3.8) is 0 Å². The van der Waals surface area contributed by atoms with Crippen LogP contribution in [0.3, 0.4) is 0 Å². The summed E-state index contributed by atoms with van der Waals surface area (Å²) in [6, 6.07) is 6.46.